The summed E-state index contributed by atoms with van der Waals surface area (Å²) in [5.41, 5.74) is 2.70. The van der Waals surface area contributed by atoms with Crippen molar-refractivity contribution in [3.63, 3.8) is 0 Å². The molecular formula is C27H32ClN3O7. The number of carbonyl (C=O) groups is 3. The normalized spacial score (nSPS) is 29.1. The Hall–Kier alpha value is -2.92. The number of primary amides is 1. The Bertz CT molecular complexity index is 1330. The van der Waals surface area contributed by atoms with Crippen LogP contribution in [-0.2, 0) is 22.6 Å². The zero-order chi connectivity index (χ0) is 27.8. The fourth-order valence-corrected chi connectivity index (χ4v) is 6.85. The molecule has 4 aliphatic rings. The monoisotopic (exact) mass is 545 g/mol. The molecule has 1 aromatic carbocycles. The van der Waals surface area contributed by atoms with Gasteiger partial charge in [0, 0.05) is 29.6 Å². The van der Waals surface area contributed by atoms with Gasteiger partial charge >= 0.3 is 0 Å². The first kappa shape index (κ1) is 26.7. The Balaban J connectivity index is 1.61. The van der Waals surface area contributed by atoms with Crippen molar-refractivity contribution in [3.05, 3.63) is 50.4 Å². The average Bonchev–Trinajstić information content (AvgIpc) is 3.62. The number of nitrogens with zero attached hydrogens (tertiary/aromatic N) is 2. The molecule has 4 aliphatic carbocycles. The van der Waals surface area contributed by atoms with Gasteiger partial charge in [0.1, 0.15) is 22.8 Å². The predicted octanol–water partition coefficient (Wildman–Crippen LogP) is 1.62. The molecule has 0 saturated heterocycles. The van der Waals surface area contributed by atoms with Gasteiger partial charge in [0.15, 0.2) is 11.4 Å². The Morgan fingerprint density at radius 1 is 1.18 bits per heavy atom. The fourth-order valence-electron chi connectivity index (χ4n) is 6.57. The van der Waals surface area contributed by atoms with Gasteiger partial charge in [0.25, 0.3) is 5.91 Å². The highest BCUT2D eigenvalue weighted by molar-refractivity contribution is 6.33. The smallest absolute Gasteiger partial charge is 0.255 e. The lowest BCUT2D eigenvalue weighted by Gasteiger charge is -2.50. The van der Waals surface area contributed by atoms with Crippen LogP contribution in [0.1, 0.15) is 40.7 Å². The highest BCUT2D eigenvalue weighted by Gasteiger charge is 2.63. The Kier molecular flexibility index (Phi) is 6.38. The molecule has 1 saturated carbocycles. The van der Waals surface area contributed by atoms with Crippen molar-refractivity contribution in [2.45, 2.75) is 43.9 Å². The van der Waals surface area contributed by atoms with Crippen LogP contribution in [0.2, 0.25) is 5.02 Å². The van der Waals surface area contributed by atoms with E-state index in [9.17, 15) is 34.8 Å². The van der Waals surface area contributed by atoms with Crippen LogP contribution in [0.5, 0.6) is 5.75 Å². The summed E-state index contributed by atoms with van der Waals surface area (Å²) >= 11 is 6.79. The quantitative estimate of drug-likeness (QED) is 0.334. The molecule has 0 aliphatic heterocycles. The number of ketones is 2. The van der Waals surface area contributed by atoms with Crippen molar-refractivity contribution in [2.24, 2.45) is 23.5 Å². The number of nitrogens with two attached hydrogens (primary N) is 1. The number of allylic oxidation sites excluding steroid dienone is 1. The van der Waals surface area contributed by atoms with Gasteiger partial charge in [-0.25, -0.2) is 0 Å². The third-order valence-corrected chi connectivity index (χ3v) is 8.91. The molecule has 204 valence electrons. The maximum Gasteiger partial charge on any atom is 0.255 e. The number of Topliss-reactive ketones (excluding diaryl/α,β-unsaturated/α-hetero) is 2. The van der Waals surface area contributed by atoms with E-state index in [0.29, 0.717) is 28.6 Å². The summed E-state index contributed by atoms with van der Waals surface area (Å²) in [5, 5.41) is 45.1. The van der Waals surface area contributed by atoms with Crippen LogP contribution in [0.15, 0.2) is 28.7 Å². The Morgan fingerprint density at radius 2 is 1.84 bits per heavy atom. The summed E-state index contributed by atoms with van der Waals surface area (Å²) in [7, 11) is 5.15. The molecule has 1 aromatic rings. The second kappa shape index (κ2) is 9.08. The van der Waals surface area contributed by atoms with Crippen molar-refractivity contribution in [1.29, 1.82) is 0 Å². The molecule has 0 bridgehead atoms. The van der Waals surface area contributed by atoms with Crippen LogP contribution in [0.25, 0.3) is 0 Å². The molecule has 5 rings (SSSR count). The number of amides is 1. The van der Waals surface area contributed by atoms with E-state index in [4.69, 9.17) is 17.3 Å². The van der Waals surface area contributed by atoms with E-state index < -0.39 is 58.0 Å². The minimum Gasteiger partial charge on any atom is -0.510 e. The number of aliphatic hydroxyl groups is 3. The van der Waals surface area contributed by atoms with Gasteiger partial charge in [-0.3, -0.25) is 19.3 Å². The van der Waals surface area contributed by atoms with Crippen LogP contribution in [0, 0.1) is 17.8 Å². The van der Waals surface area contributed by atoms with Crippen molar-refractivity contribution in [1.82, 2.24) is 9.80 Å². The van der Waals surface area contributed by atoms with Gasteiger partial charge in [0.05, 0.1) is 11.6 Å². The number of likely N-dealkylation sites (N-methyl/N-ethyl adjacent to an activating group) is 1. The summed E-state index contributed by atoms with van der Waals surface area (Å²) in [4.78, 5) is 42.7. The van der Waals surface area contributed by atoms with E-state index >= 15 is 0 Å². The van der Waals surface area contributed by atoms with E-state index in [0.717, 1.165) is 6.54 Å². The van der Waals surface area contributed by atoms with Crippen LogP contribution in [0.3, 0.4) is 0 Å². The number of benzene rings is 1. The number of aromatic hydroxyl groups is 1. The topological polar surface area (TPSA) is 165 Å². The van der Waals surface area contributed by atoms with E-state index in [2.05, 4.69) is 4.90 Å². The SMILES string of the molecule is CN(Cc1cc(O)c2c(c1Cl)C[C@H]1C[C@H]3[C@H](N(C)C)C(O)=C(C(N)=O)C(=O)C3(O)C(O)=C1C2=O)CC1CC1. The first-order valence-corrected chi connectivity index (χ1v) is 13.0. The van der Waals surface area contributed by atoms with Crippen LogP contribution < -0.4 is 5.73 Å². The molecule has 1 fully saturated rings. The van der Waals surface area contributed by atoms with E-state index in [1.165, 1.54) is 23.8 Å². The van der Waals surface area contributed by atoms with Crippen molar-refractivity contribution in [3.8, 4) is 5.75 Å². The molecule has 1 amide bonds. The lowest BCUT2D eigenvalue weighted by Crippen LogP contribution is -2.63. The standard InChI is InChI=1S/C27H32ClN3O7/c1-30(2)21-15-7-12-6-14-18(16(32)8-13(20(14)28)10-31(3)9-11-4-5-11)22(33)17(12)24(35)27(15,38)25(36)19(23(21)34)26(29)37/h8,11-12,15,21,32,34-35,38H,4-7,9-10H2,1-3H3,(H2,29,37)/t12-,15-,21-,27?/m0/s1. The van der Waals surface area contributed by atoms with Crippen LogP contribution in [-0.4, -0.2) is 87.0 Å². The van der Waals surface area contributed by atoms with Gasteiger partial charge < -0.3 is 31.1 Å². The molecule has 6 N–H and O–H groups in total. The Labute approximate surface area is 225 Å². The molecule has 38 heavy (non-hydrogen) atoms. The number of phenols is 1. The highest BCUT2D eigenvalue weighted by Crippen LogP contribution is 2.53. The molecule has 0 aromatic heterocycles. The molecule has 11 heteroatoms. The predicted molar refractivity (Wildman–Crippen MR) is 138 cm³/mol. The van der Waals surface area contributed by atoms with Crippen molar-refractivity contribution >= 4 is 29.1 Å². The minimum absolute atomic E-state index is 0.0225. The summed E-state index contributed by atoms with van der Waals surface area (Å²) in [6.07, 6.45) is 2.58. The van der Waals surface area contributed by atoms with Gasteiger partial charge in [-0.1, -0.05) is 11.6 Å². The van der Waals surface area contributed by atoms with E-state index in [1.807, 2.05) is 7.05 Å². The minimum atomic E-state index is -2.66. The zero-order valence-electron chi connectivity index (χ0n) is 21.5. The average molecular weight is 546 g/mol. The second-order valence-corrected chi connectivity index (χ2v) is 11.7. The fraction of sp³-hybridized carbons (Fsp3) is 0.519. The largest absolute Gasteiger partial charge is 0.510 e. The summed E-state index contributed by atoms with van der Waals surface area (Å²) < 4.78 is 0. The third kappa shape index (κ3) is 3.85. The zero-order valence-corrected chi connectivity index (χ0v) is 22.2. The van der Waals surface area contributed by atoms with Gasteiger partial charge in [-0.05, 0) is 75.9 Å². The Morgan fingerprint density at radius 3 is 2.42 bits per heavy atom. The van der Waals surface area contributed by atoms with Crippen molar-refractivity contribution in [2.75, 3.05) is 27.7 Å². The van der Waals surface area contributed by atoms with Gasteiger partial charge in [-0.15, -0.1) is 0 Å². The number of aliphatic hydroxyl groups excluding tert-OH is 2. The van der Waals surface area contributed by atoms with Crippen molar-refractivity contribution < 1.29 is 34.8 Å². The molecule has 0 spiro atoms. The number of carbonyl (C=O) groups excluding carboxylic acids is 3. The molecule has 0 heterocycles. The van der Waals surface area contributed by atoms with E-state index in [1.54, 1.807) is 14.1 Å². The lowest BCUT2D eigenvalue weighted by molar-refractivity contribution is -0.148. The number of hydrogen-bond donors (Lipinski definition) is 5. The third-order valence-electron chi connectivity index (χ3n) is 8.44. The molecule has 4 atom stereocenters. The maximum absolute atomic E-state index is 13.7. The van der Waals surface area contributed by atoms with E-state index in [-0.39, 0.29) is 29.7 Å². The maximum atomic E-state index is 13.7. The summed E-state index contributed by atoms with van der Waals surface area (Å²) in [6.45, 7) is 1.39. The number of halogens is 1. The molecule has 10 nitrogen and oxygen atoms in total. The van der Waals surface area contributed by atoms with Crippen LogP contribution in [0.4, 0.5) is 0 Å². The highest BCUT2D eigenvalue weighted by atomic mass is 35.5. The first-order valence-electron chi connectivity index (χ1n) is 12.7. The number of phenolic OH excluding ortho intramolecular Hbond substituents is 1. The molecule has 0 radical (unpaired) electrons. The first-order chi connectivity index (χ1) is 17.8. The molecular weight excluding hydrogens is 514 g/mol. The summed E-state index contributed by atoms with van der Waals surface area (Å²) in [6, 6.07) is 0.410. The van der Waals surface area contributed by atoms with Gasteiger partial charge in [-0.2, -0.15) is 0 Å². The number of fused-ring (bicyclic) bond motifs is 3. The number of hydrogen-bond acceptors (Lipinski definition) is 9. The summed E-state index contributed by atoms with van der Waals surface area (Å²) in [5.74, 6) is -6.11. The lowest BCUT2D eigenvalue weighted by atomic mass is 9.58. The molecule has 1 unspecified atom stereocenters. The second-order valence-electron chi connectivity index (χ2n) is 11.3. The number of rotatable bonds is 6. The van der Waals surface area contributed by atoms with Crippen LogP contribution >= 0.6 is 11.6 Å². The van der Waals surface area contributed by atoms with Gasteiger partial charge in [0.2, 0.25) is 5.78 Å².